The summed E-state index contributed by atoms with van der Waals surface area (Å²) in [4.78, 5) is 12.2. The van der Waals surface area contributed by atoms with Crippen LogP contribution in [0.15, 0.2) is 65.7 Å². The summed E-state index contributed by atoms with van der Waals surface area (Å²) < 4.78 is 1.65. The molecule has 1 amide bonds. The van der Waals surface area contributed by atoms with Crippen LogP contribution in [0.2, 0.25) is 10.0 Å². The van der Waals surface area contributed by atoms with Crippen LogP contribution in [-0.2, 0) is 4.79 Å². The van der Waals surface area contributed by atoms with Gasteiger partial charge in [0.05, 0.1) is 5.75 Å². The minimum Gasteiger partial charge on any atom is -0.325 e. The Hall–Kier alpha value is -2.61. The fourth-order valence-corrected chi connectivity index (χ4v) is 3.50. The fourth-order valence-electron chi connectivity index (χ4n) is 2.53. The molecule has 140 valence electrons. The number of rotatable bonds is 5. The first kappa shape index (κ1) is 18.7. The first-order valence-electron chi connectivity index (χ1n) is 8.25. The van der Waals surface area contributed by atoms with E-state index < -0.39 is 0 Å². The van der Waals surface area contributed by atoms with Crippen molar-refractivity contribution in [3.8, 4) is 11.4 Å². The van der Waals surface area contributed by atoms with Crippen molar-refractivity contribution in [1.29, 1.82) is 0 Å². The third-order valence-electron chi connectivity index (χ3n) is 3.80. The predicted octanol–water partition coefficient (Wildman–Crippen LogP) is 4.83. The van der Waals surface area contributed by atoms with E-state index in [1.54, 1.807) is 40.9 Å². The zero-order valence-corrected chi connectivity index (χ0v) is 16.7. The number of aromatic nitrogens is 4. The van der Waals surface area contributed by atoms with E-state index in [1.807, 2.05) is 24.3 Å². The normalized spacial score (nSPS) is 10.9. The second kappa shape index (κ2) is 8.18. The van der Waals surface area contributed by atoms with Crippen LogP contribution in [0.1, 0.15) is 0 Å². The van der Waals surface area contributed by atoms with Gasteiger partial charge in [0.1, 0.15) is 5.03 Å². The van der Waals surface area contributed by atoms with Crippen LogP contribution in [0.4, 0.5) is 5.69 Å². The van der Waals surface area contributed by atoms with E-state index in [0.29, 0.717) is 32.2 Å². The molecule has 0 aliphatic carbocycles. The molecule has 0 atom stereocenters. The lowest BCUT2D eigenvalue weighted by atomic mass is 10.2. The van der Waals surface area contributed by atoms with E-state index in [-0.39, 0.29) is 11.7 Å². The third kappa shape index (κ3) is 4.27. The van der Waals surface area contributed by atoms with Gasteiger partial charge >= 0.3 is 0 Å². The van der Waals surface area contributed by atoms with E-state index >= 15 is 0 Å². The second-order valence-corrected chi connectivity index (χ2v) is 7.69. The van der Waals surface area contributed by atoms with Gasteiger partial charge in [0, 0.05) is 21.3 Å². The second-order valence-electron chi connectivity index (χ2n) is 5.82. The van der Waals surface area contributed by atoms with Gasteiger partial charge in [-0.1, -0.05) is 41.0 Å². The van der Waals surface area contributed by atoms with Crippen molar-refractivity contribution in [3.63, 3.8) is 0 Å². The molecule has 2 aromatic carbocycles. The van der Waals surface area contributed by atoms with E-state index in [2.05, 4.69) is 20.6 Å². The van der Waals surface area contributed by atoms with Crippen LogP contribution in [0, 0.1) is 0 Å². The monoisotopic (exact) mass is 429 g/mol. The van der Waals surface area contributed by atoms with Crippen molar-refractivity contribution in [2.45, 2.75) is 5.03 Å². The molecule has 0 aliphatic rings. The van der Waals surface area contributed by atoms with Gasteiger partial charge in [-0.05, 0) is 54.6 Å². The Morgan fingerprint density at radius 2 is 1.82 bits per heavy atom. The number of thioether (sulfide) groups is 1. The van der Waals surface area contributed by atoms with Crippen LogP contribution in [0.5, 0.6) is 0 Å². The summed E-state index contributed by atoms with van der Waals surface area (Å²) in [6.07, 6.45) is 0. The van der Waals surface area contributed by atoms with E-state index in [9.17, 15) is 4.79 Å². The lowest BCUT2D eigenvalue weighted by Crippen LogP contribution is -2.14. The highest BCUT2D eigenvalue weighted by molar-refractivity contribution is 7.99. The number of nitrogens with one attached hydrogen (secondary N) is 1. The zero-order chi connectivity index (χ0) is 19.5. The van der Waals surface area contributed by atoms with Gasteiger partial charge in [0.2, 0.25) is 5.91 Å². The topological polar surface area (TPSA) is 72.2 Å². The first-order chi connectivity index (χ1) is 13.6. The maximum absolute atomic E-state index is 12.2. The summed E-state index contributed by atoms with van der Waals surface area (Å²) in [5.41, 5.74) is 2.13. The minimum absolute atomic E-state index is 0.143. The molecule has 1 N–H and O–H groups in total. The summed E-state index contributed by atoms with van der Waals surface area (Å²) in [6, 6.07) is 17.9. The summed E-state index contributed by atoms with van der Waals surface area (Å²) in [5.74, 6) is 0.678. The number of amides is 1. The predicted molar refractivity (Wildman–Crippen MR) is 112 cm³/mol. The summed E-state index contributed by atoms with van der Waals surface area (Å²) in [7, 11) is 0. The molecule has 2 heterocycles. The number of halogens is 2. The SMILES string of the molecule is O=C(CSc1ccc2nnc(-c3ccc(Cl)cc3)n2n1)Nc1cccc(Cl)c1. The number of benzene rings is 2. The van der Waals surface area contributed by atoms with Gasteiger partial charge in [0.25, 0.3) is 0 Å². The molecular formula is C19H13Cl2N5OS. The van der Waals surface area contributed by atoms with E-state index in [4.69, 9.17) is 23.2 Å². The highest BCUT2D eigenvalue weighted by Crippen LogP contribution is 2.22. The maximum atomic E-state index is 12.2. The first-order valence-corrected chi connectivity index (χ1v) is 9.99. The fraction of sp³-hybridized carbons (Fsp3) is 0.0526. The molecule has 2 aromatic heterocycles. The Balaban J connectivity index is 1.49. The Morgan fingerprint density at radius 3 is 2.61 bits per heavy atom. The van der Waals surface area contributed by atoms with Gasteiger partial charge in [0.15, 0.2) is 11.5 Å². The Morgan fingerprint density at radius 1 is 1.00 bits per heavy atom. The molecule has 6 nitrogen and oxygen atoms in total. The molecule has 0 bridgehead atoms. The van der Waals surface area contributed by atoms with Gasteiger partial charge < -0.3 is 5.32 Å². The van der Waals surface area contributed by atoms with Crippen LogP contribution in [0.25, 0.3) is 17.0 Å². The van der Waals surface area contributed by atoms with Gasteiger partial charge in [-0.15, -0.1) is 10.2 Å². The number of fused-ring (bicyclic) bond motifs is 1. The number of carbonyl (C=O) groups excluding carboxylic acids is 1. The van der Waals surface area contributed by atoms with Crippen molar-refractivity contribution >= 4 is 52.2 Å². The summed E-state index contributed by atoms with van der Waals surface area (Å²) >= 11 is 13.2. The molecule has 28 heavy (non-hydrogen) atoms. The standard InChI is InChI=1S/C19H13Cl2N5OS/c20-13-6-4-12(5-7-13)19-24-23-16-8-9-18(25-26(16)19)28-11-17(27)22-15-3-1-2-14(21)10-15/h1-10H,11H2,(H,22,27). The van der Waals surface area contributed by atoms with Crippen molar-refractivity contribution in [3.05, 3.63) is 70.7 Å². The molecule has 0 radical (unpaired) electrons. The van der Waals surface area contributed by atoms with E-state index in [1.165, 1.54) is 11.8 Å². The van der Waals surface area contributed by atoms with Crippen molar-refractivity contribution < 1.29 is 4.79 Å². The molecule has 0 spiro atoms. The van der Waals surface area contributed by atoms with Crippen molar-refractivity contribution in [2.24, 2.45) is 0 Å². The lowest BCUT2D eigenvalue weighted by molar-refractivity contribution is -0.113. The Labute approximate surface area is 174 Å². The molecule has 0 saturated heterocycles. The molecule has 4 aromatic rings. The smallest absolute Gasteiger partial charge is 0.234 e. The average Bonchev–Trinajstić information content (AvgIpc) is 3.10. The average molecular weight is 430 g/mol. The lowest BCUT2D eigenvalue weighted by Gasteiger charge is -2.06. The van der Waals surface area contributed by atoms with Gasteiger partial charge in [-0.2, -0.15) is 9.61 Å². The maximum Gasteiger partial charge on any atom is 0.234 e. The molecule has 4 rings (SSSR count). The van der Waals surface area contributed by atoms with Gasteiger partial charge in [-0.25, -0.2) is 0 Å². The molecule has 0 aliphatic heterocycles. The largest absolute Gasteiger partial charge is 0.325 e. The highest BCUT2D eigenvalue weighted by atomic mass is 35.5. The van der Waals surface area contributed by atoms with Gasteiger partial charge in [-0.3, -0.25) is 4.79 Å². The Bertz CT molecular complexity index is 1150. The Kier molecular flexibility index (Phi) is 5.47. The molecule has 0 saturated carbocycles. The molecule has 0 unspecified atom stereocenters. The molecular weight excluding hydrogens is 417 g/mol. The highest BCUT2D eigenvalue weighted by Gasteiger charge is 2.11. The van der Waals surface area contributed by atoms with Crippen LogP contribution < -0.4 is 5.32 Å². The molecule has 9 heteroatoms. The number of hydrogen-bond acceptors (Lipinski definition) is 5. The van der Waals surface area contributed by atoms with Crippen LogP contribution in [0.3, 0.4) is 0 Å². The van der Waals surface area contributed by atoms with Crippen LogP contribution in [-0.4, -0.2) is 31.5 Å². The zero-order valence-electron chi connectivity index (χ0n) is 14.3. The van der Waals surface area contributed by atoms with Crippen LogP contribution >= 0.6 is 35.0 Å². The summed E-state index contributed by atoms with van der Waals surface area (Å²) in [6.45, 7) is 0. The minimum atomic E-state index is -0.143. The quantitative estimate of drug-likeness (QED) is 0.460. The van der Waals surface area contributed by atoms with Crippen molar-refractivity contribution in [2.75, 3.05) is 11.1 Å². The number of nitrogens with zero attached hydrogens (tertiary/aromatic N) is 4. The number of anilines is 1. The summed E-state index contributed by atoms with van der Waals surface area (Å²) in [5, 5.41) is 17.6. The molecule has 0 fully saturated rings. The number of hydrogen-bond donors (Lipinski definition) is 1. The van der Waals surface area contributed by atoms with Crippen molar-refractivity contribution in [1.82, 2.24) is 19.8 Å². The third-order valence-corrected chi connectivity index (χ3v) is 5.21. The van der Waals surface area contributed by atoms with E-state index in [0.717, 1.165) is 5.56 Å². The number of carbonyl (C=O) groups is 1.